The minimum atomic E-state index is 0.248. The van der Waals surface area contributed by atoms with Gasteiger partial charge in [0.25, 0.3) is 0 Å². The molecule has 0 saturated carbocycles. The summed E-state index contributed by atoms with van der Waals surface area (Å²) in [5, 5.41) is 13.1. The van der Waals surface area contributed by atoms with Crippen molar-refractivity contribution in [1.29, 1.82) is 0 Å². The van der Waals surface area contributed by atoms with Crippen molar-refractivity contribution in [3.63, 3.8) is 0 Å². The molecule has 1 saturated heterocycles. The molecule has 16 heavy (non-hydrogen) atoms. The molecule has 0 radical (unpaired) electrons. The van der Waals surface area contributed by atoms with Crippen LogP contribution in [0.15, 0.2) is 24.5 Å². The van der Waals surface area contributed by atoms with E-state index in [-0.39, 0.29) is 5.75 Å². The van der Waals surface area contributed by atoms with Gasteiger partial charge < -0.3 is 14.8 Å². The average molecular weight is 217 g/mol. The first-order chi connectivity index (χ1) is 7.84. The summed E-state index contributed by atoms with van der Waals surface area (Å²) in [6.07, 6.45) is 6.32. The number of hydrogen-bond acceptors (Lipinski definition) is 3. The van der Waals surface area contributed by atoms with Crippen LogP contribution in [-0.2, 0) is 0 Å². The first-order valence-electron chi connectivity index (χ1n) is 5.72. The molecule has 1 fully saturated rings. The van der Waals surface area contributed by atoms with Gasteiger partial charge in [-0.1, -0.05) is 0 Å². The second-order valence-electron chi connectivity index (χ2n) is 4.33. The van der Waals surface area contributed by atoms with E-state index in [1.165, 1.54) is 12.8 Å². The molecule has 0 spiro atoms. The van der Waals surface area contributed by atoms with E-state index in [0.29, 0.717) is 11.6 Å². The summed E-state index contributed by atoms with van der Waals surface area (Å²) >= 11 is 0. The number of imidazole rings is 1. The van der Waals surface area contributed by atoms with E-state index < -0.39 is 0 Å². The van der Waals surface area contributed by atoms with Gasteiger partial charge in [0.05, 0.1) is 5.69 Å². The smallest absolute Gasteiger partial charge is 0.179 e. The third-order valence-electron chi connectivity index (χ3n) is 3.20. The molecule has 0 aromatic carbocycles. The number of piperidine rings is 1. The third-order valence-corrected chi connectivity index (χ3v) is 3.20. The molecule has 4 heteroatoms. The normalized spacial score (nSPS) is 21.4. The Hall–Kier alpha value is -1.55. The van der Waals surface area contributed by atoms with Gasteiger partial charge in [-0.05, 0) is 31.5 Å². The minimum absolute atomic E-state index is 0.248. The van der Waals surface area contributed by atoms with Crippen molar-refractivity contribution >= 4 is 5.65 Å². The van der Waals surface area contributed by atoms with Crippen molar-refractivity contribution in [3.05, 3.63) is 30.2 Å². The molecule has 0 bridgehead atoms. The minimum Gasteiger partial charge on any atom is -0.504 e. The number of aromatic nitrogens is 2. The van der Waals surface area contributed by atoms with Gasteiger partial charge in [-0.15, -0.1) is 0 Å². The fourth-order valence-corrected chi connectivity index (χ4v) is 2.32. The summed E-state index contributed by atoms with van der Waals surface area (Å²) in [7, 11) is 0. The van der Waals surface area contributed by atoms with Crippen molar-refractivity contribution in [2.24, 2.45) is 0 Å². The fraction of sp³-hybridized carbons (Fsp3) is 0.417. The maximum atomic E-state index is 9.68. The lowest BCUT2D eigenvalue weighted by Gasteiger charge is -2.20. The van der Waals surface area contributed by atoms with E-state index in [1.54, 1.807) is 6.07 Å². The predicted molar refractivity (Wildman–Crippen MR) is 61.7 cm³/mol. The van der Waals surface area contributed by atoms with Gasteiger partial charge in [0, 0.05) is 24.9 Å². The van der Waals surface area contributed by atoms with Crippen molar-refractivity contribution < 1.29 is 5.11 Å². The van der Waals surface area contributed by atoms with Gasteiger partial charge >= 0.3 is 0 Å². The van der Waals surface area contributed by atoms with E-state index in [0.717, 1.165) is 18.8 Å². The van der Waals surface area contributed by atoms with Crippen LogP contribution >= 0.6 is 0 Å². The molecule has 0 amide bonds. The number of nitrogens with zero attached hydrogens (tertiary/aromatic N) is 2. The Bertz CT molecular complexity index is 500. The SMILES string of the molecule is Oc1cccn2cc(C3CCCNC3)nc12. The zero-order chi connectivity index (χ0) is 11.0. The highest BCUT2D eigenvalue weighted by Crippen LogP contribution is 2.25. The zero-order valence-corrected chi connectivity index (χ0v) is 9.06. The van der Waals surface area contributed by atoms with E-state index in [2.05, 4.69) is 10.3 Å². The lowest BCUT2D eigenvalue weighted by Crippen LogP contribution is -2.28. The predicted octanol–water partition coefficient (Wildman–Crippen LogP) is 1.51. The topological polar surface area (TPSA) is 49.6 Å². The molecule has 0 aliphatic carbocycles. The van der Waals surface area contributed by atoms with Crippen LogP contribution in [0, 0.1) is 0 Å². The Morgan fingerprint density at radius 2 is 2.44 bits per heavy atom. The van der Waals surface area contributed by atoms with Gasteiger partial charge in [0.2, 0.25) is 0 Å². The summed E-state index contributed by atoms with van der Waals surface area (Å²) in [5.74, 6) is 0.727. The highest BCUT2D eigenvalue weighted by atomic mass is 16.3. The number of aromatic hydroxyl groups is 1. The van der Waals surface area contributed by atoms with Crippen molar-refractivity contribution in [2.75, 3.05) is 13.1 Å². The standard InChI is InChI=1S/C12H15N3O/c16-11-4-2-6-15-8-10(14-12(11)15)9-3-1-5-13-7-9/h2,4,6,8-9,13,16H,1,3,5,7H2. The Morgan fingerprint density at radius 3 is 3.19 bits per heavy atom. The molecule has 1 unspecified atom stereocenters. The number of pyridine rings is 1. The molecule has 1 aliphatic rings. The molecule has 1 aliphatic heterocycles. The molecule has 2 aromatic rings. The first-order valence-corrected chi connectivity index (χ1v) is 5.72. The zero-order valence-electron chi connectivity index (χ0n) is 9.06. The summed E-state index contributed by atoms with van der Waals surface area (Å²) in [6, 6.07) is 3.50. The molecule has 2 aromatic heterocycles. The van der Waals surface area contributed by atoms with E-state index >= 15 is 0 Å². The monoisotopic (exact) mass is 217 g/mol. The Balaban J connectivity index is 2.01. The van der Waals surface area contributed by atoms with Crippen LogP contribution in [0.4, 0.5) is 0 Å². The molecular formula is C12H15N3O. The fourth-order valence-electron chi connectivity index (χ4n) is 2.32. The van der Waals surface area contributed by atoms with Gasteiger partial charge in [-0.2, -0.15) is 0 Å². The number of nitrogens with one attached hydrogen (secondary N) is 1. The Morgan fingerprint density at radius 1 is 1.50 bits per heavy atom. The van der Waals surface area contributed by atoms with Crippen molar-refractivity contribution in [3.8, 4) is 5.75 Å². The van der Waals surface area contributed by atoms with Crippen LogP contribution in [-0.4, -0.2) is 27.6 Å². The third kappa shape index (κ3) is 1.55. The molecule has 3 heterocycles. The highest BCUT2D eigenvalue weighted by molar-refractivity contribution is 5.53. The highest BCUT2D eigenvalue weighted by Gasteiger charge is 2.18. The van der Waals surface area contributed by atoms with Crippen LogP contribution in [0.3, 0.4) is 0 Å². The van der Waals surface area contributed by atoms with Crippen molar-refractivity contribution in [2.45, 2.75) is 18.8 Å². The lowest BCUT2D eigenvalue weighted by molar-refractivity contribution is 0.455. The van der Waals surface area contributed by atoms with E-state index in [4.69, 9.17) is 0 Å². The molecule has 2 N–H and O–H groups in total. The Kier molecular flexibility index (Phi) is 2.29. The van der Waals surface area contributed by atoms with Crippen LogP contribution in [0.1, 0.15) is 24.5 Å². The summed E-state index contributed by atoms with van der Waals surface area (Å²) in [4.78, 5) is 4.51. The second-order valence-corrected chi connectivity index (χ2v) is 4.33. The first kappa shape index (κ1) is 9.66. The largest absolute Gasteiger partial charge is 0.504 e. The van der Waals surface area contributed by atoms with Crippen LogP contribution < -0.4 is 5.32 Å². The van der Waals surface area contributed by atoms with Crippen LogP contribution in [0.5, 0.6) is 5.75 Å². The summed E-state index contributed by atoms with van der Waals surface area (Å²) < 4.78 is 1.89. The lowest BCUT2D eigenvalue weighted by atomic mass is 9.97. The van der Waals surface area contributed by atoms with Crippen LogP contribution in [0.25, 0.3) is 5.65 Å². The summed E-state index contributed by atoms with van der Waals surface area (Å²) in [5.41, 5.74) is 1.73. The molecule has 1 atom stereocenters. The van der Waals surface area contributed by atoms with E-state index in [9.17, 15) is 5.11 Å². The maximum absolute atomic E-state index is 9.68. The van der Waals surface area contributed by atoms with Gasteiger partial charge in [0.15, 0.2) is 11.4 Å². The average Bonchev–Trinajstić information content (AvgIpc) is 2.76. The van der Waals surface area contributed by atoms with E-state index in [1.807, 2.05) is 22.9 Å². The molecular weight excluding hydrogens is 202 g/mol. The second kappa shape index (κ2) is 3.79. The molecule has 84 valence electrons. The number of hydrogen-bond donors (Lipinski definition) is 2. The van der Waals surface area contributed by atoms with Crippen LogP contribution in [0.2, 0.25) is 0 Å². The number of rotatable bonds is 1. The molecule has 4 nitrogen and oxygen atoms in total. The van der Waals surface area contributed by atoms with Gasteiger partial charge in [-0.3, -0.25) is 0 Å². The quantitative estimate of drug-likeness (QED) is 0.761. The van der Waals surface area contributed by atoms with Gasteiger partial charge in [-0.25, -0.2) is 4.98 Å². The number of fused-ring (bicyclic) bond motifs is 1. The van der Waals surface area contributed by atoms with Crippen molar-refractivity contribution in [1.82, 2.24) is 14.7 Å². The molecule has 3 rings (SSSR count). The van der Waals surface area contributed by atoms with Gasteiger partial charge in [0.1, 0.15) is 0 Å². The summed E-state index contributed by atoms with van der Waals surface area (Å²) in [6.45, 7) is 2.10. The Labute approximate surface area is 93.9 Å². The maximum Gasteiger partial charge on any atom is 0.179 e.